The lowest BCUT2D eigenvalue weighted by molar-refractivity contribution is -0.127. The molecule has 1 amide bonds. The van der Waals surface area contributed by atoms with Gasteiger partial charge >= 0.3 is 0 Å². The fraction of sp³-hybridized carbons (Fsp3) is 0.529. The van der Waals surface area contributed by atoms with Gasteiger partial charge in [-0.2, -0.15) is 0 Å². The van der Waals surface area contributed by atoms with Crippen molar-refractivity contribution in [2.75, 3.05) is 47.4 Å². The van der Waals surface area contributed by atoms with E-state index in [2.05, 4.69) is 17.2 Å². The number of para-hydroxylation sites is 1. The smallest absolute Gasteiger partial charge is 0.243 e. The number of amides is 1. The summed E-state index contributed by atoms with van der Waals surface area (Å²) in [5.74, 6) is 1.55. The monoisotopic (exact) mass is 320 g/mol. The van der Waals surface area contributed by atoms with E-state index in [9.17, 15) is 4.79 Å². The van der Waals surface area contributed by atoms with Crippen molar-refractivity contribution in [3.8, 4) is 5.75 Å². The number of hydrogen-bond donors (Lipinski definition) is 1. The van der Waals surface area contributed by atoms with Crippen molar-refractivity contribution in [3.05, 3.63) is 30.3 Å². The molecule has 0 saturated heterocycles. The van der Waals surface area contributed by atoms with Crippen molar-refractivity contribution in [2.24, 2.45) is 4.99 Å². The van der Waals surface area contributed by atoms with E-state index in [0.29, 0.717) is 13.2 Å². The maximum Gasteiger partial charge on any atom is 0.243 e. The minimum Gasteiger partial charge on any atom is -0.492 e. The molecule has 23 heavy (non-hydrogen) atoms. The van der Waals surface area contributed by atoms with E-state index in [-0.39, 0.29) is 12.5 Å². The summed E-state index contributed by atoms with van der Waals surface area (Å²) in [7, 11) is 5.40. The first-order chi connectivity index (χ1) is 11.0. The summed E-state index contributed by atoms with van der Waals surface area (Å²) in [5.41, 5.74) is 0. The van der Waals surface area contributed by atoms with Gasteiger partial charge in [-0.3, -0.25) is 4.79 Å². The number of benzene rings is 1. The summed E-state index contributed by atoms with van der Waals surface area (Å²) in [6, 6.07) is 9.71. The molecule has 6 heteroatoms. The molecule has 1 N–H and O–H groups in total. The Hall–Kier alpha value is -2.24. The van der Waals surface area contributed by atoms with E-state index in [1.165, 1.54) is 0 Å². The highest BCUT2D eigenvalue weighted by Crippen LogP contribution is 2.07. The predicted molar refractivity (Wildman–Crippen MR) is 93.9 cm³/mol. The first-order valence-electron chi connectivity index (χ1n) is 7.92. The number of nitrogens with one attached hydrogen (secondary N) is 1. The number of hydrogen-bond acceptors (Lipinski definition) is 3. The average molecular weight is 320 g/mol. The van der Waals surface area contributed by atoms with E-state index < -0.39 is 0 Å². The van der Waals surface area contributed by atoms with E-state index in [0.717, 1.165) is 24.7 Å². The fourth-order valence-corrected chi connectivity index (χ4v) is 1.76. The number of likely N-dealkylation sites (N-methyl/N-ethyl adjacent to an activating group) is 2. The van der Waals surface area contributed by atoms with Crippen molar-refractivity contribution >= 4 is 11.9 Å². The minimum atomic E-state index is -0.0188. The maximum absolute atomic E-state index is 11.7. The van der Waals surface area contributed by atoms with Crippen molar-refractivity contribution in [2.45, 2.75) is 13.3 Å². The highest BCUT2D eigenvalue weighted by molar-refractivity contribution is 5.84. The van der Waals surface area contributed by atoms with Crippen LogP contribution in [0.2, 0.25) is 0 Å². The molecule has 0 fully saturated rings. The number of carbonyl (C=O) groups is 1. The number of nitrogens with zero attached hydrogens (tertiary/aromatic N) is 3. The summed E-state index contributed by atoms with van der Waals surface area (Å²) in [4.78, 5) is 19.6. The van der Waals surface area contributed by atoms with Crippen LogP contribution in [0.3, 0.4) is 0 Å². The molecule has 0 heterocycles. The first-order valence-corrected chi connectivity index (χ1v) is 7.92. The molecule has 0 aliphatic rings. The van der Waals surface area contributed by atoms with Gasteiger partial charge in [0.25, 0.3) is 0 Å². The van der Waals surface area contributed by atoms with Crippen molar-refractivity contribution in [3.63, 3.8) is 0 Å². The largest absolute Gasteiger partial charge is 0.492 e. The number of ether oxygens (including phenoxy) is 1. The molecule has 1 aromatic carbocycles. The molecule has 0 aromatic heterocycles. The topological polar surface area (TPSA) is 57.2 Å². The van der Waals surface area contributed by atoms with Gasteiger partial charge in [-0.1, -0.05) is 25.1 Å². The molecule has 0 aliphatic heterocycles. The Kier molecular flexibility index (Phi) is 8.57. The van der Waals surface area contributed by atoms with Crippen molar-refractivity contribution in [1.29, 1.82) is 0 Å². The number of carbonyl (C=O) groups excluding carboxylic acids is 1. The third-order valence-corrected chi connectivity index (χ3v) is 3.20. The third-order valence-electron chi connectivity index (χ3n) is 3.20. The summed E-state index contributed by atoms with van der Waals surface area (Å²) in [5, 5.41) is 3.26. The Morgan fingerprint density at radius 1 is 1.22 bits per heavy atom. The number of aliphatic imine (C=N–C) groups is 1. The summed E-state index contributed by atoms with van der Waals surface area (Å²) >= 11 is 0. The zero-order chi connectivity index (χ0) is 17.1. The maximum atomic E-state index is 11.7. The van der Waals surface area contributed by atoms with Gasteiger partial charge < -0.3 is 19.9 Å². The summed E-state index contributed by atoms with van der Waals surface area (Å²) < 4.78 is 5.70. The van der Waals surface area contributed by atoms with Crippen molar-refractivity contribution < 1.29 is 9.53 Å². The molecule has 0 unspecified atom stereocenters. The molecule has 128 valence electrons. The molecular formula is C17H28N4O2. The van der Waals surface area contributed by atoms with Crippen LogP contribution in [0, 0.1) is 0 Å². The highest BCUT2D eigenvalue weighted by atomic mass is 16.5. The number of rotatable bonds is 8. The van der Waals surface area contributed by atoms with Gasteiger partial charge in [0.15, 0.2) is 5.96 Å². The van der Waals surface area contributed by atoms with Gasteiger partial charge in [0, 0.05) is 27.7 Å². The fourth-order valence-electron chi connectivity index (χ4n) is 1.76. The molecule has 6 nitrogen and oxygen atoms in total. The average Bonchev–Trinajstić information content (AvgIpc) is 2.55. The molecule has 0 radical (unpaired) electrons. The molecular weight excluding hydrogens is 292 g/mol. The van der Waals surface area contributed by atoms with Crippen LogP contribution in [0.15, 0.2) is 35.3 Å². The third kappa shape index (κ3) is 7.54. The van der Waals surface area contributed by atoms with Gasteiger partial charge in [-0.25, -0.2) is 4.99 Å². The molecule has 0 saturated carbocycles. The quantitative estimate of drug-likeness (QED) is 0.582. The predicted octanol–water partition coefficient (Wildman–Crippen LogP) is 1.44. The standard InChI is InChI=1S/C17H28N4O2/c1-5-11-18-17(19-14-16(22)20(2)3)21(4)12-13-23-15-9-7-6-8-10-15/h6-10H,5,11-14H2,1-4H3,(H,18,19). The van der Waals surface area contributed by atoms with E-state index in [1.807, 2.05) is 42.3 Å². The Bertz CT molecular complexity index is 489. The molecule has 1 aromatic rings. The molecule has 0 aliphatic carbocycles. The Morgan fingerprint density at radius 3 is 2.52 bits per heavy atom. The SMILES string of the molecule is CCCNC(=NCC(=O)N(C)C)N(C)CCOc1ccccc1. The Balaban J connectivity index is 2.51. The second-order valence-electron chi connectivity index (χ2n) is 5.44. The minimum absolute atomic E-state index is 0.0188. The van der Waals surface area contributed by atoms with Crippen LogP contribution in [-0.2, 0) is 4.79 Å². The molecule has 0 bridgehead atoms. The van der Waals surface area contributed by atoms with Gasteiger partial charge in [-0.05, 0) is 18.6 Å². The molecule has 0 spiro atoms. The molecule has 1 rings (SSSR count). The zero-order valence-corrected chi connectivity index (χ0v) is 14.6. The van der Waals surface area contributed by atoms with Gasteiger partial charge in [0.05, 0.1) is 6.54 Å². The lowest BCUT2D eigenvalue weighted by Crippen LogP contribution is -2.42. The van der Waals surface area contributed by atoms with Gasteiger partial charge in [0.2, 0.25) is 5.91 Å². The second kappa shape index (κ2) is 10.5. The van der Waals surface area contributed by atoms with Crippen LogP contribution in [0.4, 0.5) is 0 Å². The Labute approximate surface area is 139 Å². The lowest BCUT2D eigenvalue weighted by Gasteiger charge is -2.22. The zero-order valence-electron chi connectivity index (χ0n) is 14.6. The molecule has 0 atom stereocenters. The first kappa shape index (κ1) is 18.8. The van der Waals surface area contributed by atoms with Crippen LogP contribution in [-0.4, -0.2) is 69.1 Å². The normalized spacial score (nSPS) is 11.0. The van der Waals surface area contributed by atoms with Crippen LogP contribution < -0.4 is 10.1 Å². The summed E-state index contributed by atoms with van der Waals surface area (Å²) in [6.07, 6.45) is 0.995. The van der Waals surface area contributed by atoms with Crippen LogP contribution in [0.5, 0.6) is 5.75 Å². The van der Waals surface area contributed by atoms with E-state index in [1.54, 1.807) is 19.0 Å². The van der Waals surface area contributed by atoms with Crippen LogP contribution in [0.25, 0.3) is 0 Å². The van der Waals surface area contributed by atoms with Gasteiger partial charge in [-0.15, -0.1) is 0 Å². The summed E-state index contributed by atoms with van der Waals surface area (Å²) in [6.45, 7) is 4.28. The van der Waals surface area contributed by atoms with Crippen LogP contribution in [0.1, 0.15) is 13.3 Å². The van der Waals surface area contributed by atoms with Crippen molar-refractivity contribution in [1.82, 2.24) is 15.1 Å². The van der Waals surface area contributed by atoms with Crippen LogP contribution >= 0.6 is 0 Å². The Morgan fingerprint density at radius 2 is 1.91 bits per heavy atom. The lowest BCUT2D eigenvalue weighted by atomic mass is 10.3. The van der Waals surface area contributed by atoms with E-state index >= 15 is 0 Å². The number of guanidine groups is 1. The van der Waals surface area contributed by atoms with Gasteiger partial charge in [0.1, 0.15) is 18.9 Å². The van der Waals surface area contributed by atoms with E-state index in [4.69, 9.17) is 4.74 Å². The second-order valence-corrected chi connectivity index (χ2v) is 5.44. The highest BCUT2D eigenvalue weighted by Gasteiger charge is 2.08.